The topological polar surface area (TPSA) is 183 Å². The number of hydrogen-bond donors (Lipinski definition) is 4. The van der Waals surface area contributed by atoms with E-state index in [1.807, 2.05) is 62.4 Å². The Hall–Kier alpha value is -5.36. The molecule has 6 aromatic rings. The molecule has 2 amide bonds. The number of rotatable bonds is 12. The summed E-state index contributed by atoms with van der Waals surface area (Å²) in [5.74, 6) is -0.865. The Kier molecular flexibility index (Phi) is 13.5. The number of carbonyl (C=O) groups excluding carboxylic acids is 2. The van der Waals surface area contributed by atoms with E-state index in [1.165, 1.54) is 24.3 Å². The predicted octanol–water partition coefficient (Wildman–Crippen LogP) is 4.45. The molecule has 1 fully saturated rings. The molecule has 4 aromatic carbocycles. The number of aromatic amines is 2. The number of fused-ring (bicyclic) bond motifs is 2. The van der Waals surface area contributed by atoms with Gasteiger partial charge >= 0.3 is 0 Å². The Balaban J connectivity index is 1.05. The Labute approximate surface area is 350 Å². The van der Waals surface area contributed by atoms with Crippen molar-refractivity contribution in [3.05, 3.63) is 132 Å². The van der Waals surface area contributed by atoms with E-state index in [0.717, 1.165) is 44.1 Å². The number of H-pyrrole nitrogens is 2. The van der Waals surface area contributed by atoms with Gasteiger partial charge in [0.15, 0.2) is 0 Å². The van der Waals surface area contributed by atoms with Crippen LogP contribution >= 0.6 is 0 Å². The standard InChI is InChI=1S/C44H50N6O8S2/c1-31-11-15-35(16-12-31)59(53,54)47-41(27-33-29-45-39-9-5-3-7-37(33)39)43(51)49-19-23-57-25-21-50(22-26-58-24-20-49)44(52)42(28-34-30-46-40-10-6-4-8-38(34)40)48-60(55,56)36-17-13-32(2)14-18-36/h3-18,29-30,41-42,45-48H,19-28H2,1-2H3/t41-,42-/m0/s1. The van der Waals surface area contributed by atoms with Gasteiger partial charge in [-0.15, -0.1) is 0 Å². The van der Waals surface area contributed by atoms with Gasteiger partial charge in [0, 0.05) is 60.4 Å². The molecule has 0 saturated carbocycles. The van der Waals surface area contributed by atoms with Gasteiger partial charge in [0.05, 0.1) is 36.2 Å². The Morgan fingerprint density at radius 1 is 0.567 bits per heavy atom. The van der Waals surface area contributed by atoms with E-state index in [2.05, 4.69) is 19.4 Å². The SMILES string of the molecule is Cc1ccc(S(=O)(=O)N[C@@H](Cc2c[nH]c3ccccc23)C(=O)N2CCOCCN(C(=O)[C@H](Cc3c[nH]c4ccccc34)NS(=O)(=O)c3ccc(C)cc3)CCOCC2)cc1. The summed E-state index contributed by atoms with van der Waals surface area (Å²) < 4.78 is 72.1. The lowest BCUT2D eigenvalue weighted by Gasteiger charge is -2.30. The van der Waals surface area contributed by atoms with Gasteiger partial charge in [-0.3, -0.25) is 9.59 Å². The average Bonchev–Trinajstić information content (AvgIpc) is 3.84. The van der Waals surface area contributed by atoms with Crippen LogP contribution in [0.15, 0.2) is 119 Å². The maximum Gasteiger partial charge on any atom is 0.241 e. The van der Waals surface area contributed by atoms with Gasteiger partial charge in [-0.05, 0) is 74.2 Å². The molecule has 316 valence electrons. The van der Waals surface area contributed by atoms with E-state index >= 15 is 0 Å². The third-order valence-corrected chi connectivity index (χ3v) is 13.7. The first-order valence-corrected chi connectivity index (χ1v) is 22.9. The van der Waals surface area contributed by atoms with Crippen LogP contribution in [0.5, 0.6) is 0 Å². The molecule has 14 nitrogen and oxygen atoms in total. The molecule has 0 aliphatic carbocycles. The molecule has 1 saturated heterocycles. The summed E-state index contributed by atoms with van der Waals surface area (Å²) in [7, 11) is -8.17. The van der Waals surface area contributed by atoms with E-state index < -0.39 is 43.9 Å². The van der Waals surface area contributed by atoms with Crippen LogP contribution in [0.3, 0.4) is 0 Å². The molecule has 7 rings (SSSR count). The molecular formula is C44H50N6O8S2. The first kappa shape index (κ1) is 42.8. The zero-order valence-electron chi connectivity index (χ0n) is 33.6. The number of sulfonamides is 2. The molecule has 3 heterocycles. The number of hydrogen-bond acceptors (Lipinski definition) is 8. The van der Waals surface area contributed by atoms with Crippen molar-refractivity contribution in [3.8, 4) is 0 Å². The number of carbonyl (C=O) groups is 2. The third kappa shape index (κ3) is 10.3. The van der Waals surface area contributed by atoms with Crippen LogP contribution in [-0.4, -0.2) is 113 Å². The lowest BCUT2D eigenvalue weighted by atomic mass is 10.0. The van der Waals surface area contributed by atoms with Crippen LogP contribution < -0.4 is 9.44 Å². The van der Waals surface area contributed by atoms with Gasteiger partial charge < -0.3 is 29.2 Å². The van der Waals surface area contributed by atoms with Crippen molar-refractivity contribution >= 4 is 53.7 Å². The minimum atomic E-state index is -4.09. The monoisotopic (exact) mass is 854 g/mol. The first-order chi connectivity index (χ1) is 28.9. The van der Waals surface area contributed by atoms with E-state index in [1.54, 1.807) is 46.5 Å². The van der Waals surface area contributed by atoms with Gasteiger partial charge in [-0.2, -0.15) is 9.44 Å². The van der Waals surface area contributed by atoms with E-state index in [4.69, 9.17) is 9.47 Å². The summed E-state index contributed by atoms with van der Waals surface area (Å²) in [6.45, 7) is 4.63. The fourth-order valence-electron chi connectivity index (χ4n) is 7.35. The molecule has 4 N–H and O–H groups in total. The Bertz CT molecular complexity index is 2450. The van der Waals surface area contributed by atoms with Crippen molar-refractivity contribution in [2.75, 3.05) is 52.6 Å². The Morgan fingerprint density at radius 3 is 1.28 bits per heavy atom. The van der Waals surface area contributed by atoms with Crippen LogP contribution in [-0.2, 0) is 52.0 Å². The third-order valence-electron chi connectivity index (χ3n) is 10.7. The number of nitrogens with one attached hydrogen (secondary N) is 4. The Morgan fingerprint density at radius 2 is 0.917 bits per heavy atom. The van der Waals surface area contributed by atoms with Crippen molar-refractivity contribution in [1.29, 1.82) is 0 Å². The molecule has 2 atom stereocenters. The highest BCUT2D eigenvalue weighted by atomic mass is 32.2. The zero-order chi connectivity index (χ0) is 42.3. The summed E-state index contributed by atoms with van der Waals surface area (Å²) in [5.41, 5.74) is 5.11. The van der Waals surface area contributed by atoms with Gasteiger partial charge in [-0.1, -0.05) is 71.8 Å². The smallest absolute Gasteiger partial charge is 0.241 e. The lowest BCUT2D eigenvalue weighted by molar-refractivity contribution is -0.136. The van der Waals surface area contributed by atoms with Crippen LogP contribution in [0.2, 0.25) is 0 Å². The molecule has 16 heteroatoms. The molecule has 60 heavy (non-hydrogen) atoms. The van der Waals surface area contributed by atoms with Crippen LogP contribution in [0.4, 0.5) is 0 Å². The summed E-state index contributed by atoms with van der Waals surface area (Å²) in [5, 5.41) is 1.77. The minimum absolute atomic E-state index is 0.0518. The highest BCUT2D eigenvalue weighted by Gasteiger charge is 2.32. The van der Waals surface area contributed by atoms with Crippen LogP contribution in [0, 0.1) is 13.8 Å². The fraction of sp³-hybridized carbons (Fsp3) is 0.318. The number of para-hydroxylation sites is 2. The highest BCUT2D eigenvalue weighted by molar-refractivity contribution is 7.89. The number of ether oxygens (including phenoxy) is 2. The van der Waals surface area contributed by atoms with Crippen molar-refractivity contribution < 1.29 is 35.9 Å². The number of aryl methyl sites for hydroxylation is 2. The van der Waals surface area contributed by atoms with Crippen molar-refractivity contribution in [2.24, 2.45) is 0 Å². The summed E-state index contributed by atoms with van der Waals surface area (Å²) in [4.78, 5) is 38.3. The van der Waals surface area contributed by atoms with Gasteiger partial charge in [0.25, 0.3) is 0 Å². The first-order valence-electron chi connectivity index (χ1n) is 19.9. The maximum absolute atomic E-state index is 14.4. The lowest BCUT2D eigenvalue weighted by Crippen LogP contribution is -2.52. The van der Waals surface area contributed by atoms with E-state index in [9.17, 15) is 26.4 Å². The maximum atomic E-state index is 14.4. The zero-order valence-corrected chi connectivity index (χ0v) is 35.2. The quantitative estimate of drug-likeness (QED) is 0.139. The molecule has 1 aliphatic heterocycles. The molecule has 1 aliphatic rings. The number of aromatic nitrogens is 2. The van der Waals surface area contributed by atoms with Gasteiger partial charge in [0.2, 0.25) is 31.9 Å². The van der Waals surface area contributed by atoms with Gasteiger partial charge in [-0.25, -0.2) is 16.8 Å². The van der Waals surface area contributed by atoms with Gasteiger partial charge in [0.1, 0.15) is 12.1 Å². The van der Waals surface area contributed by atoms with Crippen molar-refractivity contribution in [2.45, 2.75) is 48.6 Å². The van der Waals surface area contributed by atoms with Crippen molar-refractivity contribution in [3.63, 3.8) is 0 Å². The summed E-state index contributed by atoms with van der Waals surface area (Å²) >= 11 is 0. The number of nitrogens with zero attached hydrogens (tertiary/aromatic N) is 2. The number of amides is 2. The summed E-state index contributed by atoms with van der Waals surface area (Å²) in [6.07, 6.45) is 3.77. The summed E-state index contributed by atoms with van der Waals surface area (Å²) in [6, 6.07) is 25.8. The second-order valence-electron chi connectivity index (χ2n) is 15.0. The number of benzene rings is 4. The second kappa shape index (κ2) is 18.9. The fourth-order valence-corrected chi connectivity index (χ4v) is 9.73. The van der Waals surface area contributed by atoms with E-state index in [-0.39, 0.29) is 75.2 Å². The molecular weight excluding hydrogens is 805 g/mol. The largest absolute Gasteiger partial charge is 0.378 e. The van der Waals surface area contributed by atoms with Crippen molar-refractivity contribution in [1.82, 2.24) is 29.2 Å². The van der Waals surface area contributed by atoms with Crippen LogP contribution in [0.25, 0.3) is 21.8 Å². The molecule has 0 unspecified atom stereocenters. The second-order valence-corrected chi connectivity index (χ2v) is 18.4. The predicted molar refractivity (Wildman–Crippen MR) is 229 cm³/mol. The van der Waals surface area contributed by atoms with Crippen LogP contribution in [0.1, 0.15) is 22.3 Å². The molecule has 2 aromatic heterocycles. The normalized spacial score (nSPS) is 16.0. The highest BCUT2D eigenvalue weighted by Crippen LogP contribution is 2.23. The average molecular weight is 855 g/mol. The van der Waals surface area contributed by atoms with E-state index in [0.29, 0.717) is 0 Å². The molecule has 0 bridgehead atoms. The minimum Gasteiger partial charge on any atom is -0.378 e. The molecule has 0 radical (unpaired) electrons. The molecule has 0 spiro atoms.